The first kappa shape index (κ1) is 31.1. The molecule has 8 N–H and O–H groups in total. The molecule has 220 valence electrons. The fourth-order valence-corrected chi connectivity index (χ4v) is 5.30. The molecule has 1 aliphatic rings. The molecule has 41 heavy (non-hydrogen) atoms. The number of carbonyl (C=O) groups excluding carboxylic acids is 3. The molecule has 2 unspecified atom stereocenters. The van der Waals surface area contributed by atoms with Crippen LogP contribution in [0.15, 0.2) is 65.7 Å². The minimum atomic E-state index is -1.21. The molecule has 0 spiro atoms. The van der Waals surface area contributed by atoms with Gasteiger partial charge in [0.2, 0.25) is 17.7 Å². The number of carbonyl (C=O) groups is 4. The summed E-state index contributed by atoms with van der Waals surface area (Å²) in [4.78, 5) is 54.4. The number of guanidine groups is 1. The number of carboxylic acid groups (broad SMARTS) is 1. The summed E-state index contributed by atoms with van der Waals surface area (Å²) < 4.78 is 0. The highest BCUT2D eigenvalue weighted by molar-refractivity contribution is 5.93. The van der Waals surface area contributed by atoms with E-state index in [9.17, 15) is 19.2 Å². The third kappa shape index (κ3) is 10.6. The van der Waals surface area contributed by atoms with Gasteiger partial charge in [0.25, 0.3) is 0 Å². The van der Waals surface area contributed by atoms with Gasteiger partial charge in [0, 0.05) is 19.4 Å². The monoisotopic (exact) mass is 564 g/mol. The number of nitrogens with two attached hydrogens (primary N) is 2. The van der Waals surface area contributed by atoms with Crippen molar-refractivity contribution in [3.8, 4) is 0 Å². The second kappa shape index (κ2) is 16.0. The normalized spacial score (nSPS) is 17.6. The Hall–Kier alpha value is -4.41. The molecule has 1 aliphatic carbocycles. The lowest BCUT2D eigenvalue weighted by Crippen LogP contribution is -2.55. The summed E-state index contributed by atoms with van der Waals surface area (Å²) >= 11 is 0. The van der Waals surface area contributed by atoms with Crippen LogP contribution in [-0.2, 0) is 25.6 Å². The maximum absolute atomic E-state index is 13.5. The molecule has 0 aromatic heterocycles. The van der Waals surface area contributed by atoms with Gasteiger partial charge in [-0.2, -0.15) is 0 Å². The zero-order valence-corrected chi connectivity index (χ0v) is 23.1. The number of carboxylic acids is 1. The molecule has 0 heterocycles. The van der Waals surface area contributed by atoms with E-state index >= 15 is 0 Å². The SMILES string of the molecule is NC(N)=NCCC[C@H](NC(=O)[C@H](Cc1ccccc1)NC(=O)CC1CCCC1c1ccccc1)C(=O)NCC(=O)O. The van der Waals surface area contributed by atoms with E-state index in [0.717, 1.165) is 24.8 Å². The highest BCUT2D eigenvalue weighted by Gasteiger charge is 2.32. The largest absolute Gasteiger partial charge is 0.480 e. The van der Waals surface area contributed by atoms with E-state index in [-0.39, 0.29) is 43.1 Å². The van der Waals surface area contributed by atoms with E-state index in [0.29, 0.717) is 12.8 Å². The Morgan fingerprint density at radius 1 is 0.902 bits per heavy atom. The van der Waals surface area contributed by atoms with E-state index in [1.807, 2.05) is 48.5 Å². The minimum absolute atomic E-state index is 0.0942. The van der Waals surface area contributed by atoms with E-state index in [1.165, 1.54) is 5.56 Å². The van der Waals surface area contributed by atoms with Crippen LogP contribution in [0.3, 0.4) is 0 Å². The summed E-state index contributed by atoms with van der Waals surface area (Å²) in [6.07, 6.45) is 4.04. The van der Waals surface area contributed by atoms with Gasteiger partial charge in [-0.05, 0) is 48.6 Å². The van der Waals surface area contributed by atoms with Gasteiger partial charge in [-0.3, -0.25) is 24.2 Å². The van der Waals surface area contributed by atoms with Crippen molar-refractivity contribution in [2.75, 3.05) is 13.1 Å². The van der Waals surface area contributed by atoms with Crippen LogP contribution in [0.2, 0.25) is 0 Å². The molecule has 0 bridgehead atoms. The quantitative estimate of drug-likeness (QED) is 0.107. The first-order valence-corrected chi connectivity index (χ1v) is 14.0. The van der Waals surface area contributed by atoms with Gasteiger partial charge in [0.1, 0.15) is 18.6 Å². The number of nitrogens with one attached hydrogen (secondary N) is 3. The summed E-state index contributed by atoms with van der Waals surface area (Å²) in [5, 5.41) is 16.9. The van der Waals surface area contributed by atoms with Crippen molar-refractivity contribution >= 4 is 29.7 Å². The zero-order chi connectivity index (χ0) is 29.6. The van der Waals surface area contributed by atoms with Crippen LogP contribution in [-0.4, -0.2) is 59.9 Å². The molecule has 3 amide bonds. The molecule has 1 saturated carbocycles. The van der Waals surface area contributed by atoms with Crippen molar-refractivity contribution in [3.63, 3.8) is 0 Å². The Morgan fingerprint density at radius 2 is 1.59 bits per heavy atom. The molecule has 1 fully saturated rings. The number of amides is 3. The lowest BCUT2D eigenvalue weighted by Gasteiger charge is -2.25. The summed E-state index contributed by atoms with van der Waals surface area (Å²) in [5.74, 6) is -2.26. The maximum atomic E-state index is 13.5. The topological polar surface area (TPSA) is 189 Å². The van der Waals surface area contributed by atoms with Crippen LogP contribution in [0.1, 0.15) is 55.6 Å². The lowest BCUT2D eigenvalue weighted by molar-refractivity contribution is -0.138. The van der Waals surface area contributed by atoms with Gasteiger partial charge < -0.3 is 32.5 Å². The van der Waals surface area contributed by atoms with Crippen molar-refractivity contribution in [2.45, 2.75) is 62.9 Å². The van der Waals surface area contributed by atoms with Crippen molar-refractivity contribution < 1.29 is 24.3 Å². The van der Waals surface area contributed by atoms with Crippen LogP contribution in [0.4, 0.5) is 0 Å². The van der Waals surface area contributed by atoms with Gasteiger partial charge in [-0.25, -0.2) is 0 Å². The number of aliphatic imine (C=N–C) groups is 1. The average Bonchev–Trinajstić information content (AvgIpc) is 3.41. The molecule has 0 aliphatic heterocycles. The fraction of sp³-hybridized carbons (Fsp3) is 0.433. The Morgan fingerprint density at radius 3 is 2.24 bits per heavy atom. The van der Waals surface area contributed by atoms with Crippen LogP contribution >= 0.6 is 0 Å². The summed E-state index contributed by atoms with van der Waals surface area (Å²) in [6.45, 7) is -0.359. The number of aliphatic carboxylic acids is 1. The molecule has 2 aromatic carbocycles. The molecule has 11 heteroatoms. The predicted octanol–water partition coefficient (Wildman–Crippen LogP) is 1.43. The molecule has 2 aromatic rings. The first-order chi connectivity index (χ1) is 19.7. The number of hydrogen-bond acceptors (Lipinski definition) is 5. The molecule has 0 radical (unpaired) electrons. The smallest absolute Gasteiger partial charge is 0.322 e. The van der Waals surface area contributed by atoms with Crippen LogP contribution in [0.5, 0.6) is 0 Å². The van der Waals surface area contributed by atoms with E-state index in [4.69, 9.17) is 16.6 Å². The Bertz CT molecular complexity index is 1190. The van der Waals surface area contributed by atoms with E-state index < -0.39 is 36.4 Å². The van der Waals surface area contributed by atoms with Crippen molar-refractivity contribution in [1.82, 2.24) is 16.0 Å². The highest BCUT2D eigenvalue weighted by atomic mass is 16.4. The van der Waals surface area contributed by atoms with E-state index in [2.05, 4.69) is 33.1 Å². The average molecular weight is 565 g/mol. The van der Waals surface area contributed by atoms with Gasteiger partial charge in [0.15, 0.2) is 5.96 Å². The van der Waals surface area contributed by atoms with Crippen LogP contribution < -0.4 is 27.4 Å². The second-order valence-electron chi connectivity index (χ2n) is 10.3. The van der Waals surface area contributed by atoms with Crippen molar-refractivity contribution in [3.05, 3.63) is 71.8 Å². The first-order valence-electron chi connectivity index (χ1n) is 14.0. The standard InChI is InChI=1S/C30H40N6O5/c31-30(32)33-16-8-15-24(28(40)34-19-27(38)39)36-29(41)25(17-20-9-3-1-4-10-20)35-26(37)18-22-13-7-14-23(22)21-11-5-2-6-12-21/h1-6,9-12,22-25H,7-8,13-19H2,(H,34,40)(H,35,37)(H,36,41)(H,38,39)(H4,31,32,33)/t22?,23?,24-,25-/m0/s1. The van der Waals surface area contributed by atoms with Crippen molar-refractivity contribution in [1.29, 1.82) is 0 Å². The molecular formula is C30H40N6O5. The third-order valence-corrected chi connectivity index (χ3v) is 7.26. The molecular weight excluding hydrogens is 524 g/mol. The fourth-order valence-electron chi connectivity index (χ4n) is 5.30. The zero-order valence-electron chi connectivity index (χ0n) is 23.1. The number of benzene rings is 2. The predicted molar refractivity (Wildman–Crippen MR) is 156 cm³/mol. The Kier molecular flexibility index (Phi) is 12.1. The minimum Gasteiger partial charge on any atom is -0.480 e. The third-order valence-electron chi connectivity index (χ3n) is 7.26. The molecule has 0 saturated heterocycles. The Balaban J connectivity index is 1.71. The van der Waals surface area contributed by atoms with Gasteiger partial charge >= 0.3 is 5.97 Å². The maximum Gasteiger partial charge on any atom is 0.322 e. The van der Waals surface area contributed by atoms with Crippen molar-refractivity contribution in [2.24, 2.45) is 22.4 Å². The number of rotatable bonds is 15. The van der Waals surface area contributed by atoms with Gasteiger partial charge in [-0.1, -0.05) is 67.1 Å². The molecule has 3 rings (SSSR count). The van der Waals surface area contributed by atoms with Gasteiger partial charge in [0.05, 0.1) is 0 Å². The second-order valence-corrected chi connectivity index (χ2v) is 10.3. The summed E-state index contributed by atoms with van der Waals surface area (Å²) in [6, 6.07) is 17.5. The number of nitrogens with zero attached hydrogens (tertiary/aromatic N) is 1. The Labute approximate surface area is 240 Å². The molecule has 11 nitrogen and oxygen atoms in total. The lowest BCUT2D eigenvalue weighted by atomic mass is 9.86. The van der Waals surface area contributed by atoms with Crippen LogP contribution in [0, 0.1) is 5.92 Å². The van der Waals surface area contributed by atoms with Gasteiger partial charge in [-0.15, -0.1) is 0 Å². The van der Waals surface area contributed by atoms with E-state index in [1.54, 1.807) is 0 Å². The summed E-state index contributed by atoms with van der Waals surface area (Å²) in [5.41, 5.74) is 12.8. The highest BCUT2D eigenvalue weighted by Crippen LogP contribution is 2.41. The number of hydrogen-bond donors (Lipinski definition) is 6. The van der Waals surface area contributed by atoms with Crippen LogP contribution in [0.25, 0.3) is 0 Å². The molecule has 4 atom stereocenters. The summed E-state index contributed by atoms with van der Waals surface area (Å²) in [7, 11) is 0.